The lowest BCUT2D eigenvalue weighted by Gasteiger charge is -2.11. The highest BCUT2D eigenvalue weighted by Gasteiger charge is 2.07. The van der Waals surface area contributed by atoms with Crippen LogP contribution in [0.25, 0.3) is 0 Å². The van der Waals surface area contributed by atoms with Gasteiger partial charge in [0.15, 0.2) is 0 Å². The summed E-state index contributed by atoms with van der Waals surface area (Å²) in [4.78, 5) is 16.7. The molecule has 0 saturated heterocycles. The Hall–Kier alpha value is -3.34. The maximum atomic E-state index is 12.4. The molecule has 1 heterocycles. The van der Waals surface area contributed by atoms with Crippen LogP contribution in [-0.4, -0.2) is 23.5 Å². The van der Waals surface area contributed by atoms with Crippen molar-refractivity contribution in [1.29, 1.82) is 0 Å². The number of hydrogen-bond acceptors (Lipinski definition) is 4. The summed E-state index contributed by atoms with van der Waals surface area (Å²) in [6, 6.07) is 21.2. The summed E-state index contributed by atoms with van der Waals surface area (Å²) in [5, 5.41) is 6.14. The minimum Gasteiger partial charge on any atom is -0.491 e. The lowest BCUT2D eigenvalue weighted by molar-refractivity contribution is 0.102. The van der Waals surface area contributed by atoms with Gasteiger partial charge in [-0.2, -0.15) is 0 Å². The van der Waals surface area contributed by atoms with E-state index < -0.39 is 0 Å². The molecule has 144 valence electrons. The molecular formula is C23H25N3O2. The molecule has 0 saturated carbocycles. The normalized spacial score (nSPS) is 10.5. The summed E-state index contributed by atoms with van der Waals surface area (Å²) in [6.07, 6.45) is 2.61. The van der Waals surface area contributed by atoms with Crippen molar-refractivity contribution < 1.29 is 9.53 Å². The molecule has 3 aromatic rings. The topological polar surface area (TPSA) is 63.2 Å². The molecule has 0 unspecified atom stereocenters. The van der Waals surface area contributed by atoms with Crippen LogP contribution >= 0.6 is 0 Å². The molecule has 5 nitrogen and oxygen atoms in total. The molecule has 3 rings (SSSR count). The summed E-state index contributed by atoms with van der Waals surface area (Å²) in [5.74, 6) is 1.34. The number of carbonyl (C=O) groups is 1. The SMILES string of the molecule is CC(C)Oc1ccc(NC(=O)c2ccc(NCCc3ccccc3)nc2)cc1. The first-order chi connectivity index (χ1) is 13.6. The monoisotopic (exact) mass is 375 g/mol. The van der Waals surface area contributed by atoms with E-state index in [4.69, 9.17) is 4.74 Å². The van der Waals surface area contributed by atoms with Crippen molar-refractivity contribution in [2.75, 3.05) is 17.2 Å². The van der Waals surface area contributed by atoms with Gasteiger partial charge in [0.2, 0.25) is 0 Å². The maximum absolute atomic E-state index is 12.4. The molecule has 0 aliphatic heterocycles. The minimum absolute atomic E-state index is 0.117. The Labute approximate surface area is 165 Å². The smallest absolute Gasteiger partial charge is 0.257 e. The van der Waals surface area contributed by atoms with Crippen LogP contribution in [0.3, 0.4) is 0 Å². The number of nitrogens with zero attached hydrogens (tertiary/aromatic N) is 1. The second-order valence-corrected chi connectivity index (χ2v) is 6.74. The maximum Gasteiger partial charge on any atom is 0.257 e. The molecule has 28 heavy (non-hydrogen) atoms. The van der Waals surface area contributed by atoms with Gasteiger partial charge in [-0.25, -0.2) is 4.98 Å². The molecule has 5 heteroatoms. The van der Waals surface area contributed by atoms with Crippen LogP contribution in [0, 0.1) is 0 Å². The van der Waals surface area contributed by atoms with E-state index in [1.54, 1.807) is 12.3 Å². The molecule has 0 radical (unpaired) electrons. The van der Waals surface area contributed by atoms with E-state index in [9.17, 15) is 4.79 Å². The summed E-state index contributed by atoms with van der Waals surface area (Å²) < 4.78 is 5.60. The molecule has 2 N–H and O–H groups in total. The number of nitrogens with one attached hydrogen (secondary N) is 2. The van der Waals surface area contributed by atoms with Gasteiger partial charge in [-0.3, -0.25) is 4.79 Å². The Bertz CT molecular complexity index is 876. The van der Waals surface area contributed by atoms with E-state index >= 15 is 0 Å². The number of ether oxygens (including phenoxy) is 1. The van der Waals surface area contributed by atoms with Gasteiger partial charge >= 0.3 is 0 Å². The largest absolute Gasteiger partial charge is 0.491 e. The second kappa shape index (κ2) is 9.55. The summed E-state index contributed by atoms with van der Waals surface area (Å²) >= 11 is 0. The Kier molecular flexibility index (Phi) is 6.63. The molecule has 0 bridgehead atoms. The van der Waals surface area contributed by atoms with Crippen LogP contribution in [0.5, 0.6) is 5.75 Å². The van der Waals surface area contributed by atoms with Crippen LogP contribution in [0.4, 0.5) is 11.5 Å². The predicted octanol–water partition coefficient (Wildman–Crippen LogP) is 4.78. The Balaban J connectivity index is 1.50. The summed E-state index contributed by atoms with van der Waals surface area (Å²) in [6.45, 7) is 4.74. The summed E-state index contributed by atoms with van der Waals surface area (Å²) in [7, 11) is 0. The average Bonchev–Trinajstić information content (AvgIpc) is 2.70. The zero-order valence-corrected chi connectivity index (χ0v) is 16.2. The molecule has 2 aromatic carbocycles. The van der Waals surface area contributed by atoms with E-state index in [0.717, 1.165) is 24.5 Å². The average molecular weight is 375 g/mol. The standard InChI is InChI=1S/C23H25N3O2/c1-17(2)28-21-11-9-20(10-12-21)26-23(27)19-8-13-22(25-16-19)24-15-14-18-6-4-3-5-7-18/h3-13,16-17H,14-15H2,1-2H3,(H,24,25)(H,26,27). The fourth-order valence-corrected chi connectivity index (χ4v) is 2.70. The highest BCUT2D eigenvalue weighted by molar-refractivity contribution is 6.04. The van der Waals surface area contributed by atoms with Crippen LogP contribution in [0.15, 0.2) is 72.9 Å². The number of carbonyl (C=O) groups excluding carboxylic acids is 1. The minimum atomic E-state index is -0.194. The first-order valence-corrected chi connectivity index (χ1v) is 9.42. The zero-order valence-electron chi connectivity index (χ0n) is 16.2. The third-order valence-corrected chi connectivity index (χ3v) is 4.07. The van der Waals surface area contributed by atoms with Crippen LogP contribution < -0.4 is 15.4 Å². The van der Waals surface area contributed by atoms with Crippen LogP contribution in [-0.2, 0) is 6.42 Å². The number of hydrogen-bond donors (Lipinski definition) is 2. The Morgan fingerprint density at radius 3 is 2.39 bits per heavy atom. The molecule has 1 amide bonds. The number of anilines is 2. The molecule has 0 fully saturated rings. The third-order valence-electron chi connectivity index (χ3n) is 4.07. The van der Waals surface area contributed by atoms with E-state index in [1.807, 2.05) is 62.4 Å². The van der Waals surface area contributed by atoms with E-state index in [1.165, 1.54) is 5.56 Å². The van der Waals surface area contributed by atoms with Crippen molar-refractivity contribution in [1.82, 2.24) is 4.98 Å². The van der Waals surface area contributed by atoms with Gasteiger partial charge in [0.1, 0.15) is 11.6 Å². The Morgan fingerprint density at radius 1 is 1.00 bits per heavy atom. The molecular weight excluding hydrogens is 350 g/mol. The fraction of sp³-hybridized carbons (Fsp3) is 0.217. The van der Waals surface area contributed by atoms with Crippen LogP contribution in [0.1, 0.15) is 29.8 Å². The van der Waals surface area contributed by atoms with Gasteiger partial charge in [0, 0.05) is 18.4 Å². The van der Waals surface area contributed by atoms with Gasteiger partial charge < -0.3 is 15.4 Å². The highest BCUT2D eigenvalue weighted by atomic mass is 16.5. The zero-order chi connectivity index (χ0) is 19.8. The molecule has 0 atom stereocenters. The van der Waals surface area contributed by atoms with Gasteiger partial charge in [-0.05, 0) is 62.2 Å². The molecule has 1 aromatic heterocycles. The van der Waals surface area contributed by atoms with Crippen molar-refractivity contribution in [2.45, 2.75) is 26.4 Å². The molecule has 0 spiro atoms. The van der Waals surface area contributed by atoms with Crippen molar-refractivity contribution in [3.8, 4) is 5.75 Å². The Morgan fingerprint density at radius 2 is 1.75 bits per heavy atom. The highest BCUT2D eigenvalue weighted by Crippen LogP contribution is 2.17. The number of benzene rings is 2. The van der Waals surface area contributed by atoms with Gasteiger partial charge in [0.05, 0.1) is 11.7 Å². The van der Waals surface area contributed by atoms with E-state index in [2.05, 4.69) is 27.8 Å². The number of rotatable bonds is 8. The van der Waals surface area contributed by atoms with Gasteiger partial charge in [-0.15, -0.1) is 0 Å². The second-order valence-electron chi connectivity index (χ2n) is 6.74. The first-order valence-electron chi connectivity index (χ1n) is 9.42. The van der Waals surface area contributed by atoms with Crippen molar-refractivity contribution in [3.05, 3.63) is 84.1 Å². The number of pyridine rings is 1. The number of amides is 1. The number of aromatic nitrogens is 1. The lowest BCUT2D eigenvalue weighted by Crippen LogP contribution is -2.13. The van der Waals surface area contributed by atoms with Gasteiger partial charge in [0.25, 0.3) is 5.91 Å². The lowest BCUT2D eigenvalue weighted by atomic mass is 10.1. The fourth-order valence-electron chi connectivity index (χ4n) is 2.70. The van der Waals surface area contributed by atoms with Crippen molar-refractivity contribution in [2.24, 2.45) is 0 Å². The summed E-state index contributed by atoms with van der Waals surface area (Å²) in [5.41, 5.74) is 2.50. The van der Waals surface area contributed by atoms with Crippen LogP contribution in [0.2, 0.25) is 0 Å². The van der Waals surface area contributed by atoms with E-state index in [-0.39, 0.29) is 12.0 Å². The third kappa shape index (κ3) is 5.84. The quantitative estimate of drug-likeness (QED) is 0.595. The van der Waals surface area contributed by atoms with Crippen molar-refractivity contribution in [3.63, 3.8) is 0 Å². The predicted molar refractivity (Wildman–Crippen MR) is 113 cm³/mol. The first kappa shape index (κ1) is 19.4. The molecule has 0 aliphatic rings. The van der Waals surface area contributed by atoms with Crippen molar-refractivity contribution >= 4 is 17.4 Å². The van der Waals surface area contributed by atoms with Gasteiger partial charge in [-0.1, -0.05) is 30.3 Å². The van der Waals surface area contributed by atoms with E-state index in [0.29, 0.717) is 11.3 Å². The molecule has 0 aliphatic carbocycles.